The van der Waals surface area contributed by atoms with Gasteiger partial charge in [0.15, 0.2) is 0 Å². The van der Waals surface area contributed by atoms with E-state index in [1.54, 1.807) is 12.1 Å². The van der Waals surface area contributed by atoms with Crippen LogP contribution in [0.25, 0.3) is 0 Å². The predicted octanol–water partition coefficient (Wildman–Crippen LogP) is 2.02. The molecule has 0 aliphatic carbocycles. The summed E-state index contributed by atoms with van der Waals surface area (Å²) in [4.78, 5) is 21.4. The Kier molecular flexibility index (Phi) is 4.51. The minimum Gasteiger partial charge on any atom is -0.481 e. The number of carbonyl (C=O) groups excluding carboxylic acids is 1. The van der Waals surface area contributed by atoms with Crippen molar-refractivity contribution in [1.82, 2.24) is 0 Å². The van der Waals surface area contributed by atoms with Gasteiger partial charge in [-0.3, -0.25) is 9.59 Å². The molecule has 1 aromatic rings. The summed E-state index contributed by atoms with van der Waals surface area (Å²) in [5.41, 5.74) is 1.16. The lowest BCUT2D eigenvalue weighted by Crippen LogP contribution is -2.10. The molecule has 1 N–H and O–H groups in total. The quantitative estimate of drug-likeness (QED) is 0.611. The Morgan fingerprint density at radius 1 is 1.19 bits per heavy atom. The first kappa shape index (κ1) is 12.2. The number of carboxylic acid groups (broad SMARTS) is 1. The third-order valence-electron chi connectivity index (χ3n) is 2.11. The van der Waals surface area contributed by atoms with Crippen LogP contribution in [0.5, 0.6) is 5.75 Å². The van der Waals surface area contributed by atoms with Gasteiger partial charge in [-0.1, -0.05) is 19.1 Å². The van der Waals surface area contributed by atoms with Crippen molar-refractivity contribution < 1.29 is 19.4 Å². The second-order valence-corrected chi connectivity index (χ2v) is 3.37. The maximum Gasteiger partial charge on any atom is 0.311 e. The summed E-state index contributed by atoms with van der Waals surface area (Å²) < 4.78 is 4.96. The molecule has 0 saturated carbocycles. The molecule has 0 amide bonds. The number of aliphatic carboxylic acids is 1. The molecule has 0 bridgehead atoms. The van der Waals surface area contributed by atoms with E-state index in [1.165, 1.54) is 0 Å². The molecule has 86 valence electrons. The van der Waals surface area contributed by atoms with Crippen LogP contribution in [0.1, 0.15) is 25.3 Å². The van der Waals surface area contributed by atoms with E-state index in [9.17, 15) is 9.59 Å². The van der Waals surface area contributed by atoms with Crippen molar-refractivity contribution in [2.24, 2.45) is 0 Å². The number of hydrogen-bond acceptors (Lipinski definition) is 3. The number of carboxylic acids is 1. The second-order valence-electron chi connectivity index (χ2n) is 3.37. The van der Waals surface area contributed by atoms with Gasteiger partial charge in [0, 0.05) is 0 Å². The van der Waals surface area contributed by atoms with Crippen LogP contribution in [0.15, 0.2) is 24.3 Å². The first-order chi connectivity index (χ1) is 7.61. The van der Waals surface area contributed by atoms with Gasteiger partial charge < -0.3 is 9.84 Å². The number of esters is 1. The molecule has 0 saturated heterocycles. The van der Waals surface area contributed by atoms with E-state index in [0.29, 0.717) is 5.75 Å². The van der Waals surface area contributed by atoms with E-state index >= 15 is 0 Å². The highest BCUT2D eigenvalue weighted by molar-refractivity contribution is 5.78. The summed E-state index contributed by atoms with van der Waals surface area (Å²) in [5, 5.41) is 8.39. The maximum atomic E-state index is 11.2. The molecule has 0 radical (unpaired) electrons. The molecule has 0 heterocycles. The van der Waals surface area contributed by atoms with Gasteiger partial charge in [0.25, 0.3) is 0 Å². The zero-order chi connectivity index (χ0) is 12.0. The first-order valence-corrected chi connectivity index (χ1v) is 5.13. The van der Waals surface area contributed by atoms with E-state index in [1.807, 2.05) is 19.1 Å². The summed E-state index contributed by atoms with van der Waals surface area (Å²) in [6.07, 6.45) is 0.615. The molecule has 0 aromatic heterocycles. The van der Waals surface area contributed by atoms with Crippen molar-refractivity contribution in [2.45, 2.75) is 26.2 Å². The van der Waals surface area contributed by atoms with Crippen LogP contribution in [0.4, 0.5) is 0 Å². The largest absolute Gasteiger partial charge is 0.481 e. The Balaban J connectivity index is 2.46. The highest BCUT2D eigenvalue weighted by atomic mass is 16.5. The smallest absolute Gasteiger partial charge is 0.311 e. The number of benzene rings is 1. The summed E-state index contributed by atoms with van der Waals surface area (Å²) in [6.45, 7) is 2.04. The number of hydrogen-bond donors (Lipinski definition) is 1. The fraction of sp³-hybridized carbons (Fsp3) is 0.333. The number of rotatable bonds is 5. The fourth-order valence-electron chi connectivity index (χ4n) is 1.18. The van der Waals surface area contributed by atoms with E-state index in [2.05, 4.69) is 0 Å². The zero-order valence-electron chi connectivity index (χ0n) is 9.10. The van der Waals surface area contributed by atoms with Gasteiger partial charge in [-0.2, -0.15) is 0 Å². The molecule has 4 heteroatoms. The van der Waals surface area contributed by atoms with Crippen LogP contribution in [-0.2, 0) is 16.0 Å². The molecule has 1 aromatic carbocycles. The Hall–Kier alpha value is -1.84. The van der Waals surface area contributed by atoms with E-state index in [4.69, 9.17) is 9.84 Å². The lowest BCUT2D eigenvalue weighted by Gasteiger charge is -2.03. The highest BCUT2D eigenvalue weighted by Crippen LogP contribution is 2.13. The van der Waals surface area contributed by atoms with Crippen molar-refractivity contribution in [1.29, 1.82) is 0 Å². The molecule has 0 aliphatic rings. The molecule has 0 atom stereocenters. The van der Waals surface area contributed by atoms with Gasteiger partial charge in [0.05, 0.1) is 12.8 Å². The minimum atomic E-state index is -1.00. The lowest BCUT2D eigenvalue weighted by molar-refractivity contribution is -0.142. The monoisotopic (exact) mass is 222 g/mol. The van der Waals surface area contributed by atoms with Gasteiger partial charge >= 0.3 is 11.9 Å². The third kappa shape index (κ3) is 4.13. The van der Waals surface area contributed by atoms with Gasteiger partial charge in [-0.15, -0.1) is 0 Å². The van der Waals surface area contributed by atoms with E-state index in [-0.39, 0.29) is 12.8 Å². The van der Waals surface area contributed by atoms with Crippen LogP contribution in [0.3, 0.4) is 0 Å². The van der Waals surface area contributed by atoms with E-state index in [0.717, 1.165) is 12.0 Å². The molecular weight excluding hydrogens is 208 g/mol. The Labute approximate surface area is 93.9 Å². The van der Waals surface area contributed by atoms with Gasteiger partial charge in [-0.05, 0) is 24.1 Å². The molecule has 1 rings (SSSR count). The SMILES string of the molecule is CCc1ccc(OC(=O)CCC(=O)O)cc1. The molecule has 16 heavy (non-hydrogen) atoms. The van der Waals surface area contributed by atoms with Crippen LogP contribution >= 0.6 is 0 Å². The van der Waals surface area contributed by atoms with E-state index < -0.39 is 11.9 Å². The summed E-state index contributed by atoms with van der Waals surface area (Å²) in [7, 11) is 0. The normalized spacial score (nSPS) is 9.81. The topological polar surface area (TPSA) is 63.6 Å². The zero-order valence-corrected chi connectivity index (χ0v) is 9.10. The van der Waals surface area contributed by atoms with Crippen molar-refractivity contribution in [2.75, 3.05) is 0 Å². The Morgan fingerprint density at radius 3 is 2.31 bits per heavy atom. The van der Waals surface area contributed by atoms with Crippen LogP contribution in [0.2, 0.25) is 0 Å². The summed E-state index contributed by atoms with van der Waals surface area (Å²) >= 11 is 0. The average Bonchev–Trinajstić information content (AvgIpc) is 2.27. The van der Waals surface area contributed by atoms with Crippen molar-refractivity contribution in [3.05, 3.63) is 29.8 Å². The van der Waals surface area contributed by atoms with Gasteiger partial charge in [-0.25, -0.2) is 0 Å². The average molecular weight is 222 g/mol. The Bertz CT molecular complexity index is 367. The molecular formula is C12H14O4. The molecule has 0 aliphatic heterocycles. The summed E-state index contributed by atoms with van der Waals surface area (Å²) in [5.74, 6) is -1.07. The van der Waals surface area contributed by atoms with Crippen molar-refractivity contribution in [3.63, 3.8) is 0 Å². The van der Waals surface area contributed by atoms with Crippen molar-refractivity contribution in [3.8, 4) is 5.75 Å². The minimum absolute atomic E-state index is 0.106. The van der Waals surface area contributed by atoms with Crippen LogP contribution < -0.4 is 4.74 Å². The Morgan fingerprint density at radius 2 is 1.81 bits per heavy atom. The predicted molar refractivity (Wildman–Crippen MR) is 58.3 cm³/mol. The number of aryl methyl sites for hydroxylation is 1. The van der Waals surface area contributed by atoms with Crippen molar-refractivity contribution >= 4 is 11.9 Å². The molecule has 0 unspecified atom stereocenters. The summed E-state index contributed by atoms with van der Waals surface area (Å²) in [6, 6.07) is 7.16. The molecule has 4 nitrogen and oxygen atoms in total. The molecule has 0 spiro atoms. The third-order valence-corrected chi connectivity index (χ3v) is 2.11. The highest BCUT2D eigenvalue weighted by Gasteiger charge is 2.07. The van der Waals surface area contributed by atoms with Crippen LogP contribution in [-0.4, -0.2) is 17.0 Å². The lowest BCUT2D eigenvalue weighted by atomic mass is 10.2. The maximum absolute atomic E-state index is 11.2. The standard InChI is InChI=1S/C12H14O4/c1-2-9-3-5-10(6-4-9)16-12(15)8-7-11(13)14/h3-6H,2,7-8H2,1H3,(H,13,14). The number of ether oxygens (including phenoxy) is 1. The molecule has 0 fully saturated rings. The van der Waals surface area contributed by atoms with Crippen LogP contribution in [0, 0.1) is 0 Å². The number of carbonyl (C=O) groups is 2. The second kappa shape index (κ2) is 5.90. The fourth-order valence-corrected chi connectivity index (χ4v) is 1.18. The first-order valence-electron chi connectivity index (χ1n) is 5.13. The van der Waals surface area contributed by atoms with Gasteiger partial charge in [0.1, 0.15) is 5.75 Å². The van der Waals surface area contributed by atoms with Gasteiger partial charge in [0.2, 0.25) is 0 Å².